The molecule has 3 aromatic carbocycles. The molecule has 0 amide bonds. The maximum Gasteiger partial charge on any atom is 0.122 e. The molecule has 0 fully saturated rings. The van der Waals surface area contributed by atoms with Gasteiger partial charge in [-0.3, -0.25) is 0 Å². The molecule has 4 heteroatoms. The van der Waals surface area contributed by atoms with Gasteiger partial charge in [0.25, 0.3) is 0 Å². The Bertz CT molecular complexity index is 1250. The van der Waals surface area contributed by atoms with Crippen molar-refractivity contribution in [3.63, 3.8) is 0 Å². The van der Waals surface area contributed by atoms with Gasteiger partial charge in [-0.25, -0.2) is 4.98 Å². The lowest BCUT2D eigenvalue weighted by Gasteiger charge is -2.13. The lowest BCUT2D eigenvalue weighted by Crippen LogP contribution is -2.03. The van der Waals surface area contributed by atoms with Crippen LogP contribution in [0.15, 0.2) is 90.0 Å². The fourth-order valence-corrected chi connectivity index (χ4v) is 4.31. The monoisotopic (exact) mass is 436 g/mol. The van der Waals surface area contributed by atoms with E-state index in [0.717, 1.165) is 38.7 Å². The summed E-state index contributed by atoms with van der Waals surface area (Å²) >= 11 is 1.56. The topological polar surface area (TPSA) is 45.9 Å². The molecule has 0 radical (unpaired) electrons. The van der Waals surface area contributed by atoms with Gasteiger partial charge in [-0.15, -0.1) is 11.8 Å². The molecular formula is C28H24N2OS. The second-order valence-corrected chi connectivity index (χ2v) is 8.63. The first-order chi connectivity index (χ1) is 15.7. The standard InChI is InChI=1S/C28H24N2OS/c1-20-13-14-21(2)27(17-20)31-15-16-32-28-25(19-29)24(22-9-5-3-6-10-22)18-26(30-28)23-11-7-4-8-12-23/h3-14,17-18H,15-16H2,1-2H3. The number of hydrogen-bond acceptors (Lipinski definition) is 4. The molecule has 0 aliphatic rings. The van der Waals surface area contributed by atoms with E-state index in [1.807, 2.05) is 73.7 Å². The van der Waals surface area contributed by atoms with Gasteiger partial charge in [0.2, 0.25) is 0 Å². The molecule has 0 aliphatic heterocycles. The van der Waals surface area contributed by atoms with Gasteiger partial charge in [0, 0.05) is 16.9 Å². The molecule has 1 aromatic heterocycles. The van der Waals surface area contributed by atoms with Crippen molar-refractivity contribution < 1.29 is 4.74 Å². The summed E-state index contributed by atoms with van der Waals surface area (Å²) in [5, 5.41) is 10.7. The van der Waals surface area contributed by atoms with Crippen LogP contribution in [0, 0.1) is 25.2 Å². The number of pyridine rings is 1. The molecule has 0 saturated carbocycles. The molecule has 0 spiro atoms. The minimum atomic E-state index is 0.539. The molecule has 0 atom stereocenters. The first-order valence-corrected chi connectivity index (χ1v) is 11.5. The summed E-state index contributed by atoms with van der Waals surface area (Å²) in [7, 11) is 0. The number of hydrogen-bond donors (Lipinski definition) is 0. The molecular weight excluding hydrogens is 412 g/mol. The van der Waals surface area contributed by atoms with Crippen LogP contribution in [0.4, 0.5) is 0 Å². The van der Waals surface area contributed by atoms with E-state index in [0.29, 0.717) is 17.9 Å². The Hall–Kier alpha value is -3.55. The third-order valence-electron chi connectivity index (χ3n) is 5.18. The number of nitriles is 1. The van der Waals surface area contributed by atoms with E-state index in [9.17, 15) is 5.26 Å². The molecule has 0 unspecified atom stereocenters. The zero-order valence-electron chi connectivity index (χ0n) is 18.2. The van der Waals surface area contributed by atoms with Crippen LogP contribution in [-0.4, -0.2) is 17.3 Å². The highest BCUT2D eigenvalue weighted by atomic mass is 32.2. The van der Waals surface area contributed by atoms with Crippen LogP contribution >= 0.6 is 11.8 Å². The van der Waals surface area contributed by atoms with E-state index in [1.54, 1.807) is 11.8 Å². The van der Waals surface area contributed by atoms with Crippen molar-refractivity contribution in [2.45, 2.75) is 18.9 Å². The number of thioether (sulfide) groups is 1. The van der Waals surface area contributed by atoms with Crippen molar-refractivity contribution in [2.24, 2.45) is 0 Å². The number of aryl methyl sites for hydroxylation is 2. The maximum absolute atomic E-state index is 9.99. The van der Waals surface area contributed by atoms with Gasteiger partial charge in [0.1, 0.15) is 16.8 Å². The SMILES string of the molecule is Cc1ccc(C)c(OCCSc2nc(-c3ccccc3)cc(-c3ccccc3)c2C#N)c1. The largest absolute Gasteiger partial charge is 0.492 e. The molecule has 1 heterocycles. The van der Waals surface area contributed by atoms with E-state index in [2.05, 4.69) is 31.2 Å². The zero-order valence-corrected chi connectivity index (χ0v) is 19.0. The number of aromatic nitrogens is 1. The van der Waals surface area contributed by atoms with Gasteiger partial charge in [-0.1, -0.05) is 72.8 Å². The molecule has 0 saturated heterocycles. The van der Waals surface area contributed by atoms with Gasteiger partial charge in [0.05, 0.1) is 17.9 Å². The maximum atomic E-state index is 9.99. The second kappa shape index (κ2) is 10.2. The van der Waals surface area contributed by atoms with Crippen molar-refractivity contribution >= 4 is 11.8 Å². The summed E-state index contributed by atoms with van der Waals surface area (Å²) in [6, 6.07) is 30.7. The molecule has 158 valence electrons. The lowest BCUT2D eigenvalue weighted by atomic mass is 9.99. The van der Waals surface area contributed by atoms with E-state index >= 15 is 0 Å². The first kappa shape index (κ1) is 21.7. The summed E-state index contributed by atoms with van der Waals surface area (Å²) < 4.78 is 6.01. The summed E-state index contributed by atoms with van der Waals surface area (Å²) in [4.78, 5) is 4.86. The van der Waals surface area contributed by atoms with Crippen LogP contribution in [0.5, 0.6) is 5.75 Å². The Morgan fingerprint density at radius 2 is 1.56 bits per heavy atom. The quantitative estimate of drug-likeness (QED) is 0.229. The Balaban J connectivity index is 1.63. The fourth-order valence-electron chi connectivity index (χ4n) is 3.49. The lowest BCUT2D eigenvalue weighted by molar-refractivity contribution is 0.341. The van der Waals surface area contributed by atoms with Crippen LogP contribution in [0.25, 0.3) is 22.4 Å². The summed E-state index contributed by atoms with van der Waals surface area (Å²) in [6.07, 6.45) is 0. The van der Waals surface area contributed by atoms with Gasteiger partial charge < -0.3 is 4.74 Å². The van der Waals surface area contributed by atoms with Crippen LogP contribution in [-0.2, 0) is 0 Å². The number of nitrogens with zero attached hydrogens (tertiary/aromatic N) is 2. The average Bonchev–Trinajstić information content (AvgIpc) is 2.84. The third kappa shape index (κ3) is 5.01. The Morgan fingerprint density at radius 3 is 2.25 bits per heavy atom. The Morgan fingerprint density at radius 1 is 0.875 bits per heavy atom. The minimum Gasteiger partial charge on any atom is -0.492 e. The van der Waals surface area contributed by atoms with Gasteiger partial charge in [-0.05, 0) is 42.7 Å². The van der Waals surface area contributed by atoms with Crippen LogP contribution in [0.1, 0.15) is 16.7 Å². The van der Waals surface area contributed by atoms with E-state index in [-0.39, 0.29) is 0 Å². The predicted molar refractivity (Wildman–Crippen MR) is 132 cm³/mol. The highest BCUT2D eigenvalue weighted by Gasteiger charge is 2.16. The number of rotatable bonds is 7. The summed E-state index contributed by atoms with van der Waals surface area (Å²) in [5.41, 5.74) is 6.71. The molecule has 0 aliphatic carbocycles. The first-order valence-electron chi connectivity index (χ1n) is 10.5. The van der Waals surface area contributed by atoms with Gasteiger partial charge in [0.15, 0.2) is 0 Å². The number of ether oxygens (including phenoxy) is 1. The highest BCUT2D eigenvalue weighted by molar-refractivity contribution is 7.99. The minimum absolute atomic E-state index is 0.539. The molecule has 3 nitrogen and oxygen atoms in total. The van der Waals surface area contributed by atoms with Gasteiger partial charge >= 0.3 is 0 Å². The normalized spacial score (nSPS) is 10.5. The smallest absolute Gasteiger partial charge is 0.122 e. The molecule has 32 heavy (non-hydrogen) atoms. The highest BCUT2D eigenvalue weighted by Crippen LogP contribution is 2.34. The van der Waals surface area contributed by atoms with Crippen molar-refractivity contribution in [1.82, 2.24) is 4.98 Å². The molecule has 4 rings (SSSR count). The molecule has 0 N–H and O–H groups in total. The van der Waals surface area contributed by atoms with Crippen LogP contribution < -0.4 is 4.74 Å². The Labute approximate surface area is 193 Å². The van der Waals surface area contributed by atoms with E-state index in [1.165, 1.54) is 5.56 Å². The summed E-state index contributed by atoms with van der Waals surface area (Å²) in [5.74, 6) is 1.60. The van der Waals surface area contributed by atoms with Crippen LogP contribution in [0.3, 0.4) is 0 Å². The average molecular weight is 437 g/mol. The molecule has 4 aromatic rings. The van der Waals surface area contributed by atoms with E-state index in [4.69, 9.17) is 9.72 Å². The second-order valence-electron chi connectivity index (χ2n) is 7.54. The number of benzene rings is 3. The predicted octanol–water partition coefficient (Wildman–Crippen LogP) is 7.08. The fraction of sp³-hybridized carbons (Fsp3) is 0.143. The summed E-state index contributed by atoms with van der Waals surface area (Å²) in [6.45, 7) is 4.65. The zero-order chi connectivity index (χ0) is 22.3. The van der Waals surface area contributed by atoms with Crippen molar-refractivity contribution in [2.75, 3.05) is 12.4 Å². The van der Waals surface area contributed by atoms with E-state index < -0.39 is 0 Å². The van der Waals surface area contributed by atoms with Crippen LogP contribution in [0.2, 0.25) is 0 Å². The van der Waals surface area contributed by atoms with Gasteiger partial charge in [-0.2, -0.15) is 5.26 Å². The van der Waals surface area contributed by atoms with Crippen molar-refractivity contribution in [1.29, 1.82) is 5.26 Å². The van der Waals surface area contributed by atoms with Crippen molar-refractivity contribution in [3.05, 3.63) is 102 Å². The van der Waals surface area contributed by atoms with Crippen molar-refractivity contribution in [3.8, 4) is 34.2 Å². The molecule has 0 bridgehead atoms. The Kier molecular flexibility index (Phi) is 6.89. The third-order valence-corrected chi connectivity index (χ3v) is 6.12.